The summed E-state index contributed by atoms with van der Waals surface area (Å²) < 4.78 is 55.7. The second kappa shape index (κ2) is 15.4. The van der Waals surface area contributed by atoms with Crippen molar-refractivity contribution in [3.05, 3.63) is 77.4 Å². The third-order valence-electron chi connectivity index (χ3n) is 5.87. The first kappa shape index (κ1) is 31.2. The van der Waals surface area contributed by atoms with Gasteiger partial charge in [0, 0.05) is 13.1 Å². The maximum atomic E-state index is 12.6. The molecule has 220 valence electrons. The van der Waals surface area contributed by atoms with Gasteiger partial charge < -0.3 is 38.8 Å². The van der Waals surface area contributed by atoms with Crippen molar-refractivity contribution >= 4 is 17.6 Å². The summed E-state index contributed by atoms with van der Waals surface area (Å²) in [6, 6.07) is 16.5. The van der Waals surface area contributed by atoms with Crippen molar-refractivity contribution in [3.63, 3.8) is 0 Å². The van der Waals surface area contributed by atoms with Crippen LogP contribution in [0.25, 0.3) is 11.6 Å². The largest absolute Gasteiger partial charge is 0.493 e. The highest BCUT2D eigenvalue weighted by Crippen LogP contribution is 2.39. The first-order valence-electron chi connectivity index (χ1n) is 12.5. The number of carbonyl (C=O) groups is 1. The number of ether oxygens (including phenoxy) is 6. The molecule has 0 radical (unpaired) electrons. The molecule has 0 amide bonds. The molecule has 0 spiro atoms. The molecular weight excluding hydrogens is 540 g/mol. The lowest BCUT2D eigenvalue weighted by atomic mass is 10.0. The van der Waals surface area contributed by atoms with E-state index in [0.29, 0.717) is 46.2 Å². The van der Waals surface area contributed by atoms with E-state index in [0.717, 1.165) is 5.56 Å². The van der Waals surface area contributed by atoms with Crippen molar-refractivity contribution in [2.45, 2.75) is 19.3 Å². The van der Waals surface area contributed by atoms with Gasteiger partial charge in [-0.2, -0.15) is 8.78 Å². The third kappa shape index (κ3) is 9.09. The van der Waals surface area contributed by atoms with Crippen molar-refractivity contribution in [1.82, 2.24) is 5.32 Å². The number of halogens is 2. The summed E-state index contributed by atoms with van der Waals surface area (Å²) in [4.78, 5) is 12.6. The van der Waals surface area contributed by atoms with Gasteiger partial charge in [-0.3, -0.25) is 0 Å². The molecule has 0 aliphatic heterocycles. The second-order valence-corrected chi connectivity index (χ2v) is 8.65. The normalized spacial score (nSPS) is 12.0. The van der Waals surface area contributed by atoms with Crippen molar-refractivity contribution in [2.24, 2.45) is 0 Å². The molecule has 0 saturated carbocycles. The molecule has 0 aliphatic carbocycles. The van der Waals surface area contributed by atoms with Gasteiger partial charge in [-0.15, -0.1) is 0 Å². The van der Waals surface area contributed by atoms with Crippen molar-refractivity contribution in [2.75, 3.05) is 41.6 Å². The minimum Gasteiger partial charge on any atom is -0.493 e. The summed E-state index contributed by atoms with van der Waals surface area (Å²) in [6.07, 6.45) is 0.850. The molecule has 0 fully saturated rings. The molecule has 41 heavy (non-hydrogen) atoms. The maximum absolute atomic E-state index is 12.6. The van der Waals surface area contributed by atoms with Gasteiger partial charge in [0.1, 0.15) is 24.2 Å². The molecule has 1 atom stereocenters. The Morgan fingerprint density at radius 2 is 1.51 bits per heavy atom. The van der Waals surface area contributed by atoms with Gasteiger partial charge >= 0.3 is 12.6 Å². The zero-order chi connectivity index (χ0) is 29.8. The molecule has 1 unspecified atom stereocenters. The van der Waals surface area contributed by atoms with Gasteiger partial charge in [-0.25, -0.2) is 4.79 Å². The topological polar surface area (TPSA) is 105 Å². The lowest BCUT2D eigenvalue weighted by molar-refractivity contribution is -0.133. The number of alkyl halides is 2. The van der Waals surface area contributed by atoms with E-state index in [1.807, 2.05) is 0 Å². The zero-order valence-electron chi connectivity index (χ0n) is 23.2. The van der Waals surface area contributed by atoms with E-state index >= 15 is 0 Å². The molecular formula is C30H33F2NO8. The molecule has 3 aromatic rings. The average molecular weight is 574 g/mol. The lowest BCUT2D eigenvalue weighted by Crippen LogP contribution is -2.31. The van der Waals surface area contributed by atoms with Crippen LogP contribution in [0.2, 0.25) is 0 Å². The number of hydrogen-bond donors (Lipinski definition) is 2. The summed E-state index contributed by atoms with van der Waals surface area (Å²) >= 11 is 0. The van der Waals surface area contributed by atoms with Crippen LogP contribution in [0.1, 0.15) is 16.7 Å². The molecule has 0 bridgehead atoms. The summed E-state index contributed by atoms with van der Waals surface area (Å²) in [5, 5.41) is 13.4. The third-order valence-corrected chi connectivity index (χ3v) is 5.87. The van der Waals surface area contributed by atoms with Crippen molar-refractivity contribution < 1.29 is 47.1 Å². The van der Waals surface area contributed by atoms with Gasteiger partial charge in [0.25, 0.3) is 0 Å². The molecule has 9 nitrogen and oxygen atoms in total. The van der Waals surface area contributed by atoms with Gasteiger partial charge in [-0.05, 0) is 59.2 Å². The number of aliphatic hydroxyl groups excluding tert-OH is 1. The number of aliphatic hydroxyl groups is 1. The second-order valence-electron chi connectivity index (χ2n) is 8.65. The number of methoxy groups -OCH3 is 4. The summed E-state index contributed by atoms with van der Waals surface area (Å²) in [7, 11) is 5.82. The van der Waals surface area contributed by atoms with E-state index in [1.165, 1.54) is 40.6 Å². The molecule has 0 saturated heterocycles. The van der Waals surface area contributed by atoms with Crippen molar-refractivity contribution in [1.29, 1.82) is 0 Å². The highest BCUT2D eigenvalue weighted by molar-refractivity contribution is 6.21. The lowest BCUT2D eigenvalue weighted by Gasteiger charge is -2.15. The quantitative estimate of drug-likeness (QED) is 0.154. The predicted octanol–water partition coefficient (Wildman–Crippen LogP) is 4.56. The maximum Gasteiger partial charge on any atom is 0.387 e. The van der Waals surface area contributed by atoms with Crippen LogP contribution in [0, 0.1) is 0 Å². The van der Waals surface area contributed by atoms with Gasteiger partial charge in [0.05, 0.1) is 34.0 Å². The monoisotopic (exact) mass is 573 g/mol. The number of hydrogen-bond acceptors (Lipinski definition) is 9. The molecule has 11 heteroatoms. The van der Waals surface area contributed by atoms with Gasteiger partial charge in [0.2, 0.25) is 5.75 Å². The standard InChI is InChI=1S/C30H33F2NO8/c1-36-26-14-20(15-27(37-2)28(26)38-3)13-25(29(35)39-4)21-7-11-23(12-8-21)40-18-22(34)17-33-16-19-5-9-24(10-6-19)41-30(31)32/h5-15,22,30,33-34H,16-18H2,1-4H3. The molecule has 0 heterocycles. The molecule has 2 N–H and O–H groups in total. The summed E-state index contributed by atoms with van der Waals surface area (Å²) in [6.45, 7) is -2.17. The van der Waals surface area contributed by atoms with Gasteiger partial charge in [0.15, 0.2) is 11.5 Å². The van der Waals surface area contributed by atoms with Crippen LogP contribution in [-0.2, 0) is 16.1 Å². The van der Waals surface area contributed by atoms with E-state index in [9.17, 15) is 18.7 Å². The number of esters is 1. The SMILES string of the molecule is COC(=O)C(=Cc1cc(OC)c(OC)c(OC)c1)c1ccc(OCC(O)CNCc2ccc(OC(F)F)cc2)cc1. The molecule has 0 aromatic heterocycles. The summed E-state index contributed by atoms with van der Waals surface area (Å²) in [5.41, 5.74) is 2.36. The van der Waals surface area contributed by atoms with Crippen LogP contribution in [0.5, 0.6) is 28.7 Å². The Morgan fingerprint density at radius 1 is 0.902 bits per heavy atom. The Labute approximate surface area is 237 Å². The minimum absolute atomic E-state index is 0.0264. The Kier molecular flexibility index (Phi) is 11.7. The Bertz CT molecular complexity index is 1270. The van der Waals surface area contributed by atoms with Crippen LogP contribution in [-0.4, -0.2) is 65.4 Å². The van der Waals surface area contributed by atoms with Crippen LogP contribution >= 0.6 is 0 Å². The minimum atomic E-state index is -2.87. The van der Waals surface area contributed by atoms with Crippen LogP contribution in [0.4, 0.5) is 8.78 Å². The average Bonchev–Trinajstić information content (AvgIpc) is 2.98. The van der Waals surface area contributed by atoms with Gasteiger partial charge in [-0.1, -0.05) is 24.3 Å². The van der Waals surface area contributed by atoms with E-state index in [-0.39, 0.29) is 18.9 Å². The number of nitrogens with one attached hydrogen (secondary N) is 1. The van der Waals surface area contributed by atoms with Crippen molar-refractivity contribution in [3.8, 4) is 28.7 Å². The fourth-order valence-corrected chi connectivity index (χ4v) is 3.88. The number of rotatable bonds is 15. The zero-order valence-corrected chi connectivity index (χ0v) is 23.2. The van der Waals surface area contributed by atoms with E-state index in [1.54, 1.807) is 54.6 Å². The van der Waals surface area contributed by atoms with E-state index < -0.39 is 18.7 Å². The number of benzene rings is 3. The Balaban J connectivity index is 1.60. The predicted molar refractivity (Wildman–Crippen MR) is 149 cm³/mol. The Hall–Kier alpha value is -4.35. The summed E-state index contributed by atoms with van der Waals surface area (Å²) in [5.74, 6) is 1.36. The fourth-order valence-electron chi connectivity index (χ4n) is 3.88. The molecule has 3 aromatic carbocycles. The Morgan fingerprint density at radius 3 is 2.05 bits per heavy atom. The van der Waals surface area contributed by atoms with E-state index in [4.69, 9.17) is 23.7 Å². The molecule has 0 aliphatic rings. The number of carbonyl (C=O) groups excluding carboxylic acids is 1. The van der Waals surface area contributed by atoms with Crippen LogP contribution < -0.4 is 29.0 Å². The fraction of sp³-hybridized carbons (Fsp3) is 0.300. The first-order valence-corrected chi connectivity index (χ1v) is 12.5. The van der Waals surface area contributed by atoms with Crippen LogP contribution in [0.15, 0.2) is 60.7 Å². The first-order chi connectivity index (χ1) is 19.8. The smallest absolute Gasteiger partial charge is 0.387 e. The van der Waals surface area contributed by atoms with Crippen LogP contribution in [0.3, 0.4) is 0 Å². The van der Waals surface area contributed by atoms with E-state index in [2.05, 4.69) is 10.1 Å². The molecule has 3 rings (SSSR count). The highest BCUT2D eigenvalue weighted by atomic mass is 19.3. The highest BCUT2D eigenvalue weighted by Gasteiger charge is 2.17.